The van der Waals surface area contributed by atoms with Crippen LogP contribution in [-0.4, -0.2) is 29.9 Å². The topological polar surface area (TPSA) is 107 Å². The Morgan fingerprint density at radius 3 is 1.14 bits per heavy atom. The molecule has 139 heavy (non-hydrogen) atoms. The smallest absolute Gasteiger partial charge is 0.164 e. The van der Waals surface area contributed by atoms with Gasteiger partial charge in [0.15, 0.2) is 34.9 Å². The van der Waals surface area contributed by atoms with Crippen LogP contribution in [0.1, 0.15) is 49.9 Å². The molecule has 0 amide bonds. The maximum atomic E-state index is 6.68. The number of hydrogen-bond acceptors (Lipinski definition) is 9. The Labute approximate surface area is 803 Å². The van der Waals surface area contributed by atoms with Crippen LogP contribution in [0.15, 0.2) is 464 Å². The molecule has 0 aliphatic heterocycles. The van der Waals surface area contributed by atoms with Gasteiger partial charge in [0.05, 0.1) is 0 Å². The lowest BCUT2D eigenvalue weighted by molar-refractivity contribution is 0.660. The molecule has 0 atom stereocenters. The third kappa shape index (κ3) is 14.0. The second-order valence-corrected chi connectivity index (χ2v) is 37.4. The molecule has 4 heterocycles. The first-order chi connectivity index (χ1) is 68.4. The average Bonchev–Trinajstić information content (AvgIpc) is 1.58. The first kappa shape index (κ1) is 81.8. The van der Waals surface area contributed by atoms with E-state index in [0.717, 1.165) is 117 Å². The molecule has 0 fully saturated rings. The monoisotopic (exact) mass is 1780 g/mol. The fourth-order valence-corrected chi connectivity index (χ4v) is 21.8. The lowest BCUT2D eigenvalue weighted by atomic mass is 9.82. The number of fused-ring (bicyclic) bond motifs is 25. The van der Waals surface area contributed by atoms with Crippen LogP contribution in [0.4, 0.5) is 17.1 Å². The minimum absolute atomic E-state index is 0.0621. The van der Waals surface area contributed by atoms with E-state index < -0.39 is 0 Å². The van der Waals surface area contributed by atoms with Crippen LogP contribution in [0.2, 0.25) is 0 Å². The van der Waals surface area contributed by atoms with Gasteiger partial charge in [0.1, 0.15) is 22.3 Å². The number of anilines is 3. The predicted molar refractivity (Wildman–Crippen MR) is 576 cm³/mol. The zero-order valence-electron chi connectivity index (χ0n) is 76.7. The van der Waals surface area contributed by atoms with Gasteiger partial charge in [-0.1, -0.05) is 398 Å². The molecule has 0 saturated carbocycles. The number of para-hydroxylation sites is 4. The SMILES string of the molecule is CC1(C)c2ccccc2-c2c1ccc1ccc3ccc(-c4nc(-c5ccccc5)nc(-c5ccc6ccccc6c5)n4)cc3c21.CC1(C)c2ccccc2-c2c1ccc1ccc3ccc(-c4nc(-c5ccccc5)nc(-c5cccc6oc7ccccc7c56)n4)cc3c21.c1ccc(N(c2ccccc2)c2cccc(-c3cccc(-c4cc5ccc6ccccc6c5c5c4oc4ccccc45)c3)c2)cc1. The van der Waals surface area contributed by atoms with Gasteiger partial charge >= 0.3 is 0 Å². The highest BCUT2D eigenvalue weighted by molar-refractivity contribution is 6.29. The van der Waals surface area contributed by atoms with E-state index in [-0.39, 0.29) is 10.8 Å². The largest absolute Gasteiger partial charge is 0.456 e. The summed E-state index contributed by atoms with van der Waals surface area (Å²) >= 11 is 0. The molecule has 0 bridgehead atoms. The summed E-state index contributed by atoms with van der Waals surface area (Å²) in [5.41, 5.74) is 27.8. The molecule has 0 saturated heterocycles. The fraction of sp³-hybridized carbons (Fsp3) is 0.0462. The highest BCUT2D eigenvalue weighted by Gasteiger charge is 2.39. The Morgan fingerprint density at radius 1 is 0.187 bits per heavy atom. The summed E-state index contributed by atoms with van der Waals surface area (Å²) in [6, 6.07) is 161. The second kappa shape index (κ2) is 33.0. The highest BCUT2D eigenvalue weighted by atomic mass is 16.3. The van der Waals surface area contributed by atoms with Gasteiger partial charge in [0, 0.05) is 93.8 Å². The van der Waals surface area contributed by atoms with E-state index in [9.17, 15) is 0 Å². The zero-order valence-corrected chi connectivity index (χ0v) is 76.7. The van der Waals surface area contributed by atoms with Gasteiger partial charge in [0.25, 0.3) is 0 Å². The number of furan rings is 2. The third-order valence-electron chi connectivity index (χ3n) is 28.6. The van der Waals surface area contributed by atoms with E-state index in [1.807, 2.05) is 84.9 Å². The molecule has 22 aromatic carbocycles. The Bertz CT molecular complexity index is 9440. The van der Waals surface area contributed by atoms with Crippen molar-refractivity contribution in [3.05, 3.63) is 477 Å². The average molecular weight is 1780 g/mol. The van der Waals surface area contributed by atoms with Crippen LogP contribution in [0.5, 0.6) is 0 Å². The van der Waals surface area contributed by atoms with Gasteiger partial charge in [-0.05, 0) is 216 Å². The molecule has 2 aliphatic carbocycles. The van der Waals surface area contributed by atoms with Crippen molar-refractivity contribution >= 4 is 136 Å². The normalized spacial score (nSPS) is 12.7. The van der Waals surface area contributed by atoms with E-state index in [1.165, 1.54) is 120 Å². The van der Waals surface area contributed by atoms with Crippen molar-refractivity contribution < 1.29 is 8.83 Å². The van der Waals surface area contributed by atoms with Crippen LogP contribution < -0.4 is 4.90 Å². The molecule has 28 rings (SSSR count). The minimum atomic E-state index is -0.0775. The molecule has 4 aromatic heterocycles. The van der Waals surface area contributed by atoms with E-state index in [0.29, 0.717) is 34.9 Å². The number of hydrogen-bond donors (Lipinski definition) is 0. The first-order valence-electron chi connectivity index (χ1n) is 47.5. The summed E-state index contributed by atoms with van der Waals surface area (Å²) in [6.45, 7) is 9.34. The molecule has 0 radical (unpaired) electrons. The quantitative estimate of drug-likeness (QED) is 0.117. The van der Waals surface area contributed by atoms with Crippen LogP contribution >= 0.6 is 0 Å². The maximum Gasteiger partial charge on any atom is 0.164 e. The maximum absolute atomic E-state index is 6.68. The van der Waals surface area contributed by atoms with E-state index in [1.54, 1.807) is 0 Å². The lowest BCUT2D eigenvalue weighted by Crippen LogP contribution is -2.14. The molecule has 9 heteroatoms. The molecular formula is C130H87N7O2. The Kier molecular flexibility index (Phi) is 19.4. The van der Waals surface area contributed by atoms with E-state index in [4.69, 9.17) is 38.7 Å². The summed E-state index contributed by atoms with van der Waals surface area (Å²) in [6.07, 6.45) is 0. The van der Waals surface area contributed by atoms with E-state index in [2.05, 4.69) is 403 Å². The second-order valence-electron chi connectivity index (χ2n) is 37.4. The molecule has 9 nitrogen and oxygen atoms in total. The van der Waals surface area contributed by atoms with Crippen molar-refractivity contribution in [1.82, 2.24) is 29.9 Å². The standard InChI is InChI=1S/C44H29N3O.C44H29NO.C42H29N3/c1-44(2)34-16-8-6-13-30(34)40-35(44)24-23-27-21-19-26-20-22-29(25-33(26)38(27)40)42-45-41(28-11-4-3-5-12-28)46-43(47-42)32-15-10-18-37-39(32)31-14-7-9-17-36(31)48-37;1-3-17-35(18-4-1)45(36-19-5-2-6-20-36)37-21-12-15-32(28-37)31-14-11-16-33(27-31)40-29-34-26-25-30-13-7-8-22-38(30)42(34)43-39-23-9-10-24-41(39)46-44(40)43;1-42(2)35-15-9-8-14-33(35)38-36(42)23-22-28-19-17-27-18-21-32(25-34(27)37(28)38)41-44-39(29-11-4-3-5-12-29)43-40(45-41)31-20-16-26-10-6-7-13-30(26)24-31/h3-25H,1-2H3;1-29H;3-25H,1-2H3. The van der Waals surface area contributed by atoms with Crippen molar-refractivity contribution in [3.8, 4) is 113 Å². The lowest BCUT2D eigenvalue weighted by Gasteiger charge is -2.26. The van der Waals surface area contributed by atoms with Gasteiger partial charge in [-0.15, -0.1) is 0 Å². The number of benzene rings is 22. The number of nitrogens with zero attached hydrogens (tertiary/aromatic N) is 7. The van der Waals surface area contributed by atoms with Gasteiger partial charge in [-0.25, -0.2) is 29.9 Å². The number of aromatic nitrogens is 6. The number of rotatable bonds is 11. The van der Waals surface area contributed by atoms with Crippen LogP contribution in [0, 0.1) is 0 Å². The molecule has 2 aliphatic rings. The van der Waals surface area contributed by atoms with Gasteiger partial charge in [-0.2, -0.15) is 0 Å². The van der Waals surface area contributed by atoms with E-state index >= 15 is 0 Å². The summed E-state index contributed by atoms with van der Waals surface area (Å²) in [5, 5.41) is 21.5. The summed E-state index contributed by atoms with van der Waals surface area (Å²) in [4.78, 5) is 32.8. The van der Waals surface area contributed by atoms with Crippen molar-refractivity contribution in [3.63, 3.8) is 0 Å². The van der Waals surface area contributed by atoms with Gasteiger partial charge < -0.3 is 13.7 Å². The van der Waals surface area contributed by atoms with Crippen molar-refractivity contribution in [2.75, 3.05) is 4.90 Å². The summed E-state index contributed by atoms with van der Waals surface area (Å²) in [5.74, 6) is 3.88. The van der Waals surface area contributed by atoms with Gasteiger partial charge in [0.2, 0.25) is 0 Å². The van der Waals surface area contributed by atoms with Gasteiger partial charge in [-0.3, -0.25) is 0 Å². The third-order valence-corrected chi connectivity index (χ3v) is 28.6. The molecule has 26 aromatic rings. The molecular weight excluding hydrogens is 1690 g/mol. The van der Waals surface area contributed by atoms with Crippen LogP contribution in [-0.2, 0) is 10.8 Å². The summed E-state index contributed by atoms with van der Waals surface area (Å²) in [7, 11) is 0. The first-order valence-corrected chi connectivity index (χ1v) is 47.5. The van der Waals surface area contributed by atoms with Crippen LogP contribution in [0.3, 0.4) is 0 Å². The Hall–Kier alpha value is -17.9. The molecule has 0 unspecified atom stereocenters. The zero-order chi connectivity index (χ0) is 92.6. The molecule has 0 N–H and O–H groups in total. The van der Waals surface area contributed by atoms with Crippen molar-refractivity contribution in [1.29, 1.82) is 0 Å². The minimum Gasteiger partial charge on any atom is -0.456 e. The van der Waals surface area contributed by atoms with Crippen LogP contribution in [0.25, 0.3) is 232 Å². The highest BCUT2D eigenvalue weighted by Crippen LogP contribution is 2.56. The predicted octanol–water partition coefficient (Wildman–Crippen LogP) is 34.7. The summed E-state index contributed by atoms with van der Waals surface area (Å²) < 4.78 is 12.9. The fourth-order valence-electron chi connectivity index (χ4n) is 21.8. The van der Waals surface area contributed by atoms with Crippen molar-refractivity contribution in [2.24, 2.45) is 0 Å². The molecule has 0 spiro atoms. The Morgan fingerprint density at radius 2 is 0.561 bits per heavy atom. The molecule has 654 valence electrons. The Balaban J connectivity index is 0.000000108. The van der Waals surface area contributed by atoms with Crippen molar-refractivity contribution in [2.45, 2.75) is 38.5 Å².